The number of hydrogen-bond donors (Lipinski definition) is 0. The number of hydrogen-bond acceptors (Lipinski definition) is 1. The average Bonchev–Trinajstić information content (AvgIpc) is 2.49. The first-order valence-electron chi connectivity index (χ1n) is 4.55. The number of benzene rings is 1. The Hall–Kier alpha value is -1.37. The molecule has 0 fully saturated rings. The van der Waals surface area contributed by atoms with Gasteiger partial charge in [-0.25, -0.2) is 0 Å². The molecule has 13 heavy (non-hydrogen) atoms. The summed E-state index contributed by atoms with van der Waals surface area (Å²) >= 11 is 0. The van der Waals surface area contributed by atoms with E-state index in [-0.39, 0.29) is 11.7 Å². The molecule has 0 aliphatic heterocycles. The zero-order chi connectivity index (χ0) is 9.26. The van der Waals surface area contributed by atoms with Crippen LogP contribution >= 0.6 is 0 Å². The molecule has 0 spiro atoms. The summed E-state index contributed by atoms with van der Waals surface area (Å²) in [5.74, 6) is 0.368. The first-order chi connectivity index (χ1) is 6.29. The maximum Gasteiger partial charge on any atom is 0.166 e. The van der Waals surface area contributed by atoms with Crippen LogP contribution in [0.5, 0.6) is 0 Å². The molecule has 2 rings (SSSR count). The van der Waals surface area contributed by atoms with Crippen LogP contribution < -0.4 is 0 Å². The molecule has 1 aliphatic rings. The number of ketones is 1. The lowest BCUT2D eigenvalue weighted by molar-refractivity contribution is -0.116. The minimum absolute atomic E-state index is 0.0844. The van der Waals surface area contributed by atoms with Gasteiger partial charge in [0.1, 0.15) is 0 Å². The van der Waals surface area contributed by atoms with Gasteiger partial charge in [-0.05, 0) is 24.5 Å². The fourth-order valence-corrected chi connectivity index (χ4v) is 1.75. The van der Waals surface area contributed by atoms with Gasteiger partial charge in [-0.2, -0.15) is 0 Å². The van der Waals surface area contributed by atoms with Crippen molar-refractivity contribution in [3.63, 3.8) is 0 Å². The van der Waals surface area contributed by atoms with E-state index in [4.69, 9.17) is 0 Å². The Balaban J connectivity index is 2.27. The van der Waals surface area contributed by atoms with Crippen molar-refractivity contribution in [3.8, 4) is 0 Å². The summed E-state index contributed by atoms with van der Waals surface area (Å²) < 4.78 is 0. The summed E-state index contributed by atoms with van der Waals surface area (Å²) in [4.78, 5) is 11.6. The van der Waals surface area contributed by atoms with Crippen LogP contribution in [-0.4, -0.2) is 5.78 Å². The van der Waals surface area contributed by atoms with Gasteiger partial charge in [0.25, 0.3) is 0 Å². The molecular weight excluding hydrogens is 160 g/mol. The van der Waals surface area contributed by atoms with Crippen LogP contribution in [-0.2, 0) is 4.79 Å². The largest absolute Gasteiger partial charge is 0.294 e. The summed E-state index contributed by atoms with van der Waals surface area (Å²) in [5.41, 5.74) is 2.05. The van der Waals surface area contributed by atoms with E-state index >= 15 is 0 Å². The number of rotatable bonds is 1. The number of carbonyl (C=O) groups excluding carboxylic acids is 1. The second-order valence-corrected chi connectivity index (χ2v) is 3.45. The van der Waals surface area contributed by atoms with Crippen LogP contribution in [0.1, 0.15) is 24.8 Å². The topological polar surface area (TPSA) is 17.1 Å². The Kier molecular flexibility index (Phi) is 2.01. The monoisotopic (exact) mass is 172 g/mol. The number of carbonyl (C=O) groups is 1. The van der Waals surface area contributed by atoms with E-state index in [9.17, 15) is 4.79 Å². The first-order valence-corrected chi connectivity index (χ1v) is 4.55. The van der Waals surface area contributed by atoms with Crippen LogP contribution in [0.2, 0.25) is 0 Å². The van der Waals surface area contributed by atoms with E-state index in [1.54, 1.807) is 0 Å². The predicted molar refractivity (Wildman–Crippen MR) is 52.6 cm³/mol. The van der Waals surface area contributed by atoms with E-state index in [0.717, 1.165) is 17.6 Å². The third-order valence-corrected chi connectivity index (χ3v) is 2.57. The zero-order valence-corrected chi connectivity index (χ0v) is 7.66. The molecule has 1 heteroatoms. The molecule has 1 atom stereocenters. The maximum atomic E-state index is 11.6. The smallest absolute Gasteiger partial charge is 0.166 e. The van der Waals surface area contributed by atoms with Crippen molar-refractivity contribution in [3.05, 3.63) is 47.5 Å². The quantitative estimate of drug-likeness (QED) is 0.636. The van der Waals surface area contributed by atoms with Crippen molar-refractivity contribution in [2.75, 3.05) is 0 Å². The van der Waals surface area contributed by atoms with Gasteiger partial charge in [0.2, 0.25) is 0 Å². The van der Waals surface area contributed by atoms with Gasteiger partial charge >= 0.3 is 0 Å². The summed E-state index contributed by atoms with van der Waals surface area (Å²) in [6, 6.07) is 9.99. The molecule has 1 unspecified atom stereocenters. The zero-order valence-electron chi connectivity index (χ0n) is 7.66. The SMILES string of the molecule is CC1=CCC(c2ccccc2)C1=O. The van der Waals surface area contributed by atoms with Gasteiger partial charge in [0.05, 0.1) is 5.92 Å². The first kappa shape index (κ1) is 8.24. The van der Waals surface area contributed by atoms with Gasteiger partial charge in [-0.1, -0.05) is 36.4 Å². The maximum absolute atomic E-state index is 11.6. The van der Waals surface area contributed by atoms with Crippen molar-refractivity contribution in [2.24, 2.45) is 0 Å². The second-order valence-electron chi connectivity index (χ2n) is 3.45. The molecule has 0 saturated heterocycles. The Morgan fingerprint density at radius 2 is 1.92 bits per heavy atom. The summed E-state index contributed by atoms with van der Waals surface area (Å²) in [5, 5.41) is 0. The van der Waals surface area contributed by atoms with Gasteiger partial charge in [0.15, 0.2) is 5.78 Å². The number of allylic oxidation sites excluding steroid dienone is 2. The minimum Gasteiger partial charge on any atom is -0.294 e. The molecular formula is C12H12O. The Morgan fingerprint density at radius 1 is 1.23 bits per heavy atom. The van der Waals surface area contributed by atoms with Crippen LogP contribution in [0.15, 0.2) is 42.0 Å². The summed E-state index contributed by atoms with van der Waals surface area (Å²) in [6.45, 7) is 1.89. The lowest BCUT2D eigenvalue weighted by atomic mass is 9.95. The van der Waals surface area contributed by atoms with Gasteiger partial charge in [-0.3, -0.25) is 4.79 Å². The van der Waals surface area contributed by atoms with Gasteiger partial charge < -0.3 is 0 Å². The highest BCUT2D eigenvalue weighted by atomic mass is 16.1. The van der Waals surface area contributed by atoms with Gasteiger partial charge in [-0.15, -0.1) is 0 Å². The average molecular weight is 172 g/mol. The van der Waals surface area contributed by atoms with E-state index in [1.165, 1.54) is 0 Å². The molecule has 0 radical (unpaired) electrons. The standard InChI is InChI=1S/C12H12O/c1-9-7-8-11(12(9)13)10-5-3-2-4-6-10/h2-7,11H,8H2,1H3. The Morgan fingerprint density at radius 3 is 2.46 bits per heavy atom. The summed E-state index contributed by atoms with van der Waals surface area (Å²) in [7, 11) is 0. The molecule has 0 N–H and O–H groups in total. The molecule has 0 bridgehead atoms. The van der Waals surface area contributed by atoms with Crippen molar-refractivity contribution in [2.45, 2.75) is 19.3 Å². The van der Waals surface area contributed by atoms with Crippen molar-refractivity contribution < 1.29 is 4.79 Å². The predicted octanol–water partition coefficient (Wildman–Crippen LogP) is 2.69. The molecule has 1 aromatic carbocycles. The van der Waals surface area contributed by atoms with E-state index in [2.05, 4.69) is 0 Å². The lowest BCUT2D eigenvalue weighted by Crippen LogP contribution is -2.06. The highest BCUT2D eigenvalue weighted by Gasteiger charge is 2.25. The summed E-state index contributed by atoms with van der Waals surface area (Å²) in [6.07, 6.45) is 2.90. The highest BCUT2D eigenvalue weighted by Crippen LogP contribution is 2.29. The lowest BCUT2D eigenvalue weighted by Gasteiger charge is -2.07. The second kappa shape index (κ2) is 3.17. The molecule has 66 valence electrons. The van der Waals surface area contributed by atoms with Crippen LogP contribution in [0.4, 0.5) is 0 Å². The third kappa shape index (κ3) is 1.42. The fourth-order valence-electron chi connectivity index (χ4n) is 1.75. The van der Waals surface area contributed by atoms with E-state index in [0.29, 0.717) is 0 Å². The Labute approximate surface area is 78.1 Å². The highest BCUT2D eigenvalue weighted by molar-refractivity contribution is 6.02. The van der Waals surface area contributed by atoms with Gasteiger partial charge in [0, 0.05) is 0 Å². The van der Waals surface area contributed by atoms with Crippen molar-refractivity contribution >= 4 is 5.78 Å². The molecule has 0 saturated carbocycles. The van der Waals surface area contributed by atoms with Crippen LogP contribution in [0, 0.1) is 0 Å². The van der Waals surface area contributed by atoms with Crippen molar-refractivity contribution in [1.29, 1.82) is 0 Å². The molecule has 0 heterocycles. The molecule has 1 nitrogen and oxygen atoms in total. The molecule has 1 aromatic rings. The van der Waals surface area contributed by atoms with Crippen LogP contribution in [0.25, 0.3) is 0 Å². The molecule has 0 aromatic heterocycles. The van der Waals surface area contributed by atoms with E-state index in [1.807, 2.05) is 43.3 Å². The van der Waals surface area contributed by atoms with E-state index < -0.39 is 0 Å². The third-order valence-electron chi connectivity index (χ3n) is 2.57. The normalized spacial score (nSPS) is 21.8. The number of Topliss-reactive ketones (excluding diaryl/α,β-unsaturated/α-hetero) is 1. The van der Waals surface area contributed by atoms with Crippen LogP contribution in [0.3, 0.4) is 0 Å². The minimum atomic E-state index is 0.0844. The fraction of sp³-hybridized carbons (Fsp3) is 0.250. The Bertz CT molecular complexity index is 349. The molecule has 0 amide bonds. The molecule has 1 aliphatic carbocycles. The van der Waals surface area contributed by atoms with Crippen molar-refractivity contribution in [1.82, 2.24) is 0 Å².